The minimum Gasteiger partial charge on any atom is -0.478 e. The molecule has 8 heteroatoms. The number of amides is 1. The van der Waals surface area contributed by atoms with E-state index < -0.39 is 5.97 Å². The van der Waals surface area contributed by atoms with Crippen LogP contribution in [0.1, 0.15) is 44.6 Å². The summed E-state index contributed by atoms with van der Waals surface area (Å²) in [4.78, 5) is 26.3. The third kappa shape index (κ3) is 5.11. The van der Waals surface area contributed by atoms with E-state index in [2.05, 4.69) is 24.3 Å². The molecule has 3 aromatic rings. The second kappa shape index (κ2) is 9.87. The van der Waals surface area contributed by atoms with Crippen LogP contribution in [0.4, 0.5) is 11.4 Å². The Morgan fingerprint density at radius 3 is 2.38 bits per heavy atom. The van der Waals surface area contributed by atoms with Crippen LogP contribution in [-0.4, -0.2) is 40.4 Å². The maximum Gasteiger partial charge on any atom is 0.335 e. The van der Waals surface area contributed by atoms with E-state index in [4.69, 9.17) is 11.6 Å². The third-order valence-corrected chi connectivity index (χ3v) is 5.79. The van der Waals surface area contributed by atoms with Gasteiger partial charge in [0, 0.05) is 36.4 Å². The van der Waals surface area contributed by atoms with Crippen molar-refractivity contribution in [2.75, 3.05) is 23.8 Å². The van der Waals surface area contributed by atoms with Crippen molar-refractivity contribution >= 4 is 34.9 Å². The zero-order valence-corrected chi connectivity index (χ0v) is 19.4. The predicted octanol–water partition coefficient (Wildman–Crippen LogP) is 4.80. The quantitative estimate of drug-likeness (QED) is 0.510. The number of hydrogen-bond donors (Lipinski definition) is 2. The molecule has 32 heavy (non-hydrogen) atoms. The topological polar surface area (TPSA) is 87.5 Å². The molecule has 0 saturated carbocycles. The SMILES string of the molecule is CCn1nc(C)c(CCN(C)c2ccc(C(=O)O)cc2NC(=O)c2ccc(Cl)cc2)c1C. The van der Waals surface area contributed by atoms with Crippen LogP contribution in [-0.2, 0) is 13.0 Å². The molecular weight excluding hydrogens is 428 g/mol. The normalized spacial score (nSPS) is 10.8. The number of likely N-dealkylation sites (N-methyl/N-ethyl adjacent to an activating group) is 1. The lowest BCUT2D eigenvalue weighted by atomic mass is 10.1. The number of hydrogen-bond acceptors (Lipinski definition) is 4. The van der Waals surface area contributed by atoms with Crippen LogP contribution in [0.3, 0.4) is 0 Å². The lowest BCUT2D eigenvalue weighted by molar-refractivity contribution is 0.0696. The van der Waals surface area contributed by atoms with Crippen LogP contribution in [0.5, 0.6) is 0 Å². The Morgan fingerprint density at radius 1 is 1.12 bits per heavy atom. The molecule has 2 N–H and O–H groups in total. The van der Waals surface area contributed by atoms with Gasteiger partial charge in [-0.3, -0.25) is 9.48 Å². The van der Waals surface area contributed by atoms with Gasteiger partial charge in [-0.25, -0.2) is 4.79 Å². The smallest absolute Gasteiger partial charge is 0.335 e. The highest BCUT2D eigenvalue weighted by Crippen LogP contribution is 2.28. The number of anilines is 2. The zero-order chi connectivity index (χ0) is 23.4. The Labute approximate surface area is 192 Å². The average molecular weight is 455 g/mol. The summed E-state index contributed by atoms with van der Waals surface area (Å²) in [6, 6.07) is 11.3. The molecule has 0 atom stereocenters. The molecule has 0 aliphatic rings. The summed E-state index contributed by atoms with van der Waals surface area (Å²) in [5, 5.41) is 17.4. The van der Waals surface area contributed by atoms with E-state index in [-0.39, 0.29) is 11.5 Å². The number of carbonyl (C=O) groups is 2. The first-order valence-corrected chi connectivity index (χ1v) is 10.8. The van der Waals surface area contributed by atoms with Crippen molar-refractivity contribution in [1.82, 2.24) is 9.78 Å². The number of carbonyl (C=O) groups excluding carboxylic acids is 1. The fourth-order valence-electron chi connectivity index (χ4n) is 3.70. The maximum absolute atomic E-state index is 12.8. The molecule has 0 spiro atoms. The highest BCUT2D eigenvalue weighted by Gasteiger charge is 2.17. The Hall–Kier alpha value is -3.32. The van der Waals surface area contributed by atoms with Crippen molar-refractivity contribution in [3.8, 4) is 0 Å². The first-order chi connectivity index (χ1) is 15.2. The van der Waals surface area contributed by atoms with E-state index in [1.54, 1.807) is 30.3 Å². The van der Waals surface area contributed by atoms with Crippen LogP contribution >= 0.6 is 11.6 Å². The third-order valence-electron chi connectivity index (χ3n) is 5.54. The lowest BCUT2D eigenvalue weighted by Crippen LogP contribution is -2.23. The van der Waals surface area contributed by atoms with Gasteiger partial charge in [0.05, 0.1) is 22.6 Å². The molecule has 0 fully saturated rings. The van der Waals surface area contributed by atoms with Crippen molar-refractivity contribution < 1.29 is 14.7 Å². The molecule has 0 unspecified atom stereocenters. The minimum atomic E-state index is -1.06. The van der Waals surface area contributed by atoms with E-state index in [9.17, 15) is 14.7 Å². The molecule has 3 rings (SSSR count). The summed E-state index contributed by atoms with van der Waals surface area (Å²) in [6.07, 6.45) is 0.777. The van der Waals surface area contributed by atoms with Gasteiger partial charge in [-0.1, -0.05) is 11.6 Å². The van der Waals surface area contributed by atoms with Crippen LogP contribution in [0, 0.1) is 13.8 Å². The number of nitrogens with one attached hydrogen (secondary N) is 1. The van der Waals surface area contributed by atoms with Crippen LogP contribution in [0.2, 0.25) is 5.02 Å². The van der Waals surface area contributed by atoms with Gasteiger partial charge < -0.3 is 15.3 Å². The van der Waals surface area contributed by atoms with Gasteiger partial charge in [0.15, 0.2) is 0 Å². The summed E-state index contributed by atoms with van der Waals surface area (Å²) in [7, 11) is 1.92. The molecule has 168 valence electrons. The van der Waals surface area contributed by atoms with Crippen LogP contribution in [0.15, 0.2) is 42.5 Å². The number of carboxylic acids is 1. The number of aryl methyl sites for hydroxylation is 2. The van der Waals surface area contributed by atoms with Gasteiger partial charge in [-0.15, -0.1) is 0 Å². The molecular formula is C24H27ClN4O3. The fourth-order valence-corrected chi connectivity index (χ4v) is 3.83. The summed E-state index contributed by atoms with van der Waals surface area (Å²) >= 11 is 5.91. The molecule has 2 aromatic carbocycles. The van der Waals surface area contributed by atoms with E-state index >= 15 is 0 Å². The largest absolute Gasteiger partial charge is 0.478 e. The van der Waals surface area contributed by atoms with E-state index in [0.717, 1.165) is 30.0 Å². The number of aromatic nitrogens is 2. The second-order valence-corrected chi connectivity index (χ2v) is 8.07. The van der Waals surface area contributed by atoms with Gasteiger partial charge in [0.25, 0.3) is 5.91 Å². The van der Waals surface area contributed by atoms with Crippen molar-refractivity contribution in [3.05, 3.63) is 75.6 Å². The molecule has 0 aliphatic carbocycles. The Morgan fingerprint density at radius 2 is 1.78 bits per heavy atom. The summed E-state index contributed by atoms with van der Waals surface area (Å²) in [6.45, 7) is 7.63. The van der Waals surface area contributed by atoms with E-state index in [1.807, 2.05) is 23.6 Å². The summed E-state index contributed by atoms with van der Waals surface area (Å²) < 4.78 is 1.99. The average Bonchev–Trinajstić information content (AvgIpc) is 3.04. The fraction of sp³-hybridized carbons (Fsp3) is 0.292. The molecule has 0 aliphatic heterocycles. The number of benzene rings is 2. The van der Waals surface area contributed by atoms with Crippen molar-refractivity contribution in [2.24, 2.45) is 0 Å². The molecule has 1 heterocycles. The molecule has 1 aromatic heterocycles. The van der Waals surface area contributed by atoms with Crippen molar-refractivity contribution in [1.29, 1.82) is 0 Å². The van der Waals surface area contributed by atoms with Crippen LogP contribution in [0.25, 0.3) is 0 Å². The second-order valence-electron chi connectivity index (χ2n) is 7.63. The number of nitrogens with zero attached hydrogens (tertiary/aromatic N) is 3. The number of rotatable bonds is 8. The first-order valence-electron chi connectivity index (χ1n) is 10.4. The van der Waals surface area contributed by atoms with Gasteiger partial charge >= 0.3 is 5.97 Å². The predicted molar refractivity (Wildman–Crippen MR) is 127 cm³/mol. The Balaban J connectivity index is 1.85. The van der Waals surface area contributed by atoms with Gasteiger partial charge in [0.2, 0.25) is 0 Å². The molecule has 0 bridgehead atoms. The Bertz CT molecular complexity index is 1140. The zero-order valence-electron chi connectivity index (χ0n) is 18.6. The first kappa shape index (κ1) is 23.3. The number of aromatic carboxylic acids is 1. The van der Waals surface area contributed by atoms with Gasteiger partial charge in [0.1, 0.15) is 0 Å². The van der Waals surface area contributed by atoms with Gasteiger partial charge in [-0.2, -0.15) is 5.10 Å². The summed E-state index contributed by atoms with van der Waals surface area (Å²) in [5.74, 6) is -1.39. The highest BCUT2D eigenvalue weighted by molar-refractivity contribution is 6.30. The highest BCUT2D eigenvalue weighted by atomic mass is 35.5. The summed E-state index contributed by atoms with van der Waals surface area (Å²) in [5.41, 5.74) is 5.06. The molecule has 0 radical (unpaired) electrons. The lowest BCUT2D eigenvalue weighted by Gasteiger charge is -2.23. The van der Waals surface area contributed by atoms with E-state index in [0.29, 0.717) is 22.8 Å². The monoisotopic (exact) mass is 454 g/mol. The molecule has 0 saturated heterocycles. The molecule has 7 nitrogen and oxygen atoms in total. The van der Waals surface area contributed by atoms with Crippen LogP contribution < -0.4 is 10.2 Å². The Kier molecular flexibility index (Phi) is 7.20. The minimum absolute atomic E-state index is 0.101. The maximum atomic E-state index is 12.8. The van der Waals surface area contributed by atoms with Gasteiger partial charge in [-0.05, 0) is 75.2 Å². The van der Waals surface area contributed by atoms with Crippen molar-refractivity contribution in [3.63, 3.8) is 0 Å². The van der Waals surface area contributed by atoms with E-state index in [1.165, 1.54) is 17.7 Å². The number of carboxylic acid groups (broad SMARTS) is 1. The number of halogens is 1. The molecule has 1 amide bonds. The standard InChI is InChI=1S/C24H27ClN4O3/c1-5-29-16(3)20(15(2)27-29)12-13-28(4)22-11-8-18(24(31)32)14-21(22)26-23(30)17-6-9-19(25)10-7-17/h6-11,14H,5,12-13H2,1-4H3,(H,26,30)(H,31,32). The van der Waals surface area contributed by atoms with Crippen molar-refractivity contribution in [2.45, 2.75) is 33.7 Å².